The van der Waals surface area contributed by atoms with Crippen molar-refractivity contribution in [3.8, 4) is 0 Å². The molecular weight excluding hydrogens is 252 g/mol. The standard InChI is InChI=1S/C21H18/c1-2-8-16(7-1)19-13-20(17-9-3-4-10-17)15-21(14-19)18-11-5-6-12-18/h1-18H. The van der Waals surface area contributed by atoms with E-state index in [1.54, 1.807) is 0 Å². The first-order valence-corrected chi connectivity index (χ1v) is 7.60. The van der Waals surface area contributed by atoms with E-state index in [2.05, 4.69) is 91.1 Å². The van der Waals surface area contributed by atoms with Crippen LogP contribution in [0.1, 0.15) is 34.4 Å². The predicted molar refractivity (Wildman–Crippen MR) is 89.5 cm³/mol. The normalized spacial score (nSPS) is 20.6. The third-order valence-corrected chi connectivity index (χ3v) is 4.40. The molecule has 0 heterocycles. The topological polar surface area (TPSA) is 0 Å². The third-order valence-electron chi connectivity index (χ3n) is 4.40. The quantitative estimate of drug-likeness (QED) is 0.697. The zero-order valence-electron chi connectivity index (χ0n) is 11.9. The van der Waals surface area contributed by atoms with E-state index in [9.17, 15) is 0 Å². The highest BCUT2D eigenvalue weighted by molar-refractivity contribution is 5.47. The van der Waals surface area contributed by atoms with Gasteiger partial charge in [-0.3, -0.25) is 0 Å². The summed E-state index contributed by atoms with van der Waals surface area (Å²) in [5.41, 5.74) is 4.19. The number of rotatable bonds is 3. The molecule has 0 aromatic heterocycles. The summed E-state index contributed by atoms with van der Waals surface area (Å²) >= 11 is 0. The van der Waals surface area contributed by atoms with Crippen molar-refractivity contribution in [1.82, 2.24) is 0 Å². The summed E-state index contributed by atoms with van der Waals surface area (Å²) in [4.78, 5) is 0. The van der Waals surface area contributed by atoms with Crippen LogP contribution in [0.2, 0.25) is 0 Å². The second kappa shape index (κ2) is 5.21. The molecule has 21 heavy (non-hydrogen) atoms. The van der Waals surface area contributed by atoms with Gasteiger partial charge in [0.05, 0.1) is 0 Å². The second-order valence-electron chi connectivity index (χ2n) is 5.82. The van der Waals surface area contributed by atoms with Crippen molar-refractivity contribution in [3.63, 3.8) is 0 Å². The molecule has 0 amide bonds. The minimum Gasteiger partial charge on any atom is -0.0732 e. The Morgan fingerprint density at radius 1 is 0.381 bits per heavy atom. The van der Waals surface area contributed by atoms with Gasteiger partial charge in [-0.25, -0.2) is 0 Å². The molecule has 0 bridgehead atoms. The molecule has 0 aliphatic heterocycles. The van der Waals surface area contributed by atoms with Gasteiger partial charge in [-0.2, -0.15) is 0 Å². The Balaban J connectivity index is 1.79. The van der Waals surface area contributed by atoms with Crippen LogP contribution in [0.25, 0.3) is 0 Å². The minimum atomic E-state index is 0.424. The number of hydrogen-bond acceptors (Lipinski definition) is 0. The van der Waals surface area contributed by atoms with Crippen LogP contribution in [-0.2, 0) is 0 Å². The van der Waals surface area contributed by atoms with Gasteiger partial charge in [0.15, 0.2) is 0 Å². The van der Waals surface area contributed by atoms with E-state index < -0.39 is 0 Å². The molecule has 3 aliphatic rings. The van der Waals surface area contributed by atoms with Gasteiger partial charge in [0.1, 0.15) is 0 Å². The average Bonchev–Trinajstić information content (AvgIpc) is 3.29. The van der Waals surface area contributed by atoms with E-state index >= 15 is 0 Å². The molecule has 0 radical (unpaired) electrons. The van der Waals surface area contributed by atoms with Crippen LogP contribution in [0.3, 0.4) is 0 Å². The lowest BCUT2D eigenvalue weighted by Crippen LogP contribution is -2.00. The third kappa shape index (κ3) is 2.38. The van der Waals surface area contributed by atoms with Gasteiger partial charge in [-0.1, -0.05) is 91.1 Å². The smallest absolute Gasteiger partial charge is 0.0205 e. The molecule has 4 rings (SSSR count). The Labute approximate surface area is 126 Å². The molecule has 0 N–H and O–H groups in total. The van der Waals surface area contributed by atoms with Crippen LogP contribution in [-0.4, -0.2) is 0 Å². The molecule has 1 aromatic carbocycles. The summed E-state index contributed by atoms with van der Waals surface area (Å²) in [6, 6.07) is 7.09. The summed E-state index contributed by atoms with van der Waals surface area (Å²) in [7, 11) is 0. The largest absolute Gasteiger partial charge is 0.0732 e. The van der Waals surface area contributed by atoms with E-state index in [0.29, 0.717) is 17.8 Å². The van der Waals surface area contributed by atoms with Crippen molar-refractivity contribution in [2.75, 3.05) is 0 Å². The van der Waals surface area contributed by atoms with Crippen LogP contribution >= 0.6 is 0 Å². The SMILES string of the molecule is C1=CC(c2cc(C3C=CC=C3)cc(C3C=CC=C3)c2)C=C1. The van der Waals surface area contributed by atoms with E-state index in [1.807, 2.05) is 0 Å². The fourth-order valence-corrected chi connectivity index (χ4v) is 3.24. The highest BCUT2D eigenvalue weighted by Crippen LogP contribution is 2.34. The monoisotopic (exact) mass is 270 g/mol. The summed E-state index contributed by atoms with van der Waals surface area (Å²) in [5, 5.41) is 0. The molecule has 0 unspecified atom stereocenters. The van der Waals surface area contributed by atoms with Gasteiger partial charge >= 0.3 is 0 Å². The molecule has 0 saturated carbocycles. The van der Waals surface area contributed by atoms with E-state index in [4.69, 9.17) is 0 Å². The molecule has 0 saturated heterocycles. The second-order valence-corrected chi connectivity index (χ2v) is 5.82. The zero-order valence-corrected chi connectivity index (χ0v) is 11.9. The van der Waals surface area contributed by atoms with Gasteiger partial charge in [0.25, 0.3) is 0 Å². The highest BCUT2D eigenvalue weighted by Gasteiger charge is 2.16. The van der Waals surface area contributed by atoms with Crippen molar-refractivity contribution >= 4 is 0 Å². The Morgan fingerprint density at radius 3 is 0.857 bits per heavy atom. The van der Waals surface area contributed by atoms with Crippen molar-refractivity contribution in [2.24, 2.45) is 0 Å². The Bertz CT molecular complexity index is 574. The van der Waals surface area contributed by atoms with Crippen molar-refractivity contribution < 1.29 is 0 Å². The number of benzene rings is 1. The molecule has 3 aliphatic carbocycles. The summed E-state index contributed by atoms with van der Waals surface area (Å²) in [6.07, 6.45) is 26.4. The van der Waals surface area contributed by atoms with E-state index in [0.717, 1.165) is 0 Å². The van der Waals surface area contributed by atoms with Crippen LogP contribution in [0, 0.1) is 0 Å². The molecule has 0 atom stereocenters. The van der Waals surface area contributed by atoms with Gasteiger partial charge in [0.2, 0.25) is 0 Å². The van der Waals surface area contributed by atoms with Crippen LogP contribution in [0.5, 0.6) is 0 Å². The molecule has 0 fully saturated rings. The van der Waals surface area contributed by atoms with E-state index in [1.165, 1.54) is 16.7 Å². The van der Waals surface area contributed by atoms with E-state index in [-0.39, 0.29) is 0 Å². The van der Waals surface area contributed by atoms with Crippen molar-refractivity contribution in [2.45, 2.75) is 17.8 Å². The number of hydrogen-bond donors (Lipinski definition) is 0. The lowest BCUT2D eigenvalue weighted by atomic mass is 9.88. The average molecular weight is 270 g/mol. The van der Waals surface area contributed by atoms with Crippen LogP contribution in [0.4, 0.5) is 0 Å². The van der Waals surface area contributed by atoms with Gasteiger partial charge in [0, 0.05) is 17.8 Å². The number of allylic oxidation sites excluding steroid dienone is 12. The lowest BCUT2D eigenvalue weighted by molar-refractivity contribution is 1.01. The van der Waals surface area contributed by atoms with Crippen molar-refractivity contribution in [3.05, 3.63) is 108 Å². The fraction of sp³-hybridized carbons (Fsp3) is 0.143. The fourth-order valence-electron chi connectivity index (χ4n) is 3.24. The van der Waals surface area contributed by atoms with Gasteiger partial charge in [-0.05, 0) is 16.7 Å². The Hall–Kier alpha value is -2.34. The molecule has 0 spiro atoms. The van der Waals surface area contributed by atoms with Gasteiger partial charge in [-0.15, -0.1) is 0 Å². The molecular formula is C21H18. The maximum absolute atomic E-state index is 2.36. The zero-order chi connectivity index (χ0) is 14.1. The Morgan fingerprint density at radius 2 is 0.619 bits per heavy atom. The molecule has 0 nitrogen and oxygen atoms in total. The van der Waals surface area contributed by atoms with Crippen molar-refractivity contribution in [1.29, 1.82) is 0 Å². The summed E-state index contributed by atoms with van der Waals surface area (Å²) in [6.45, 7) is 0. The highest BCUT2D eigenvalue weighted by atomic mass is 14.2. The predicted octanol–water partition coefficient (Wildman–Crippen LogP) is 5.32. The van der Waals surface area contributed by atoms with Crippen LogP contribution < -0.4 is 0 Å². The minimum absolute atomic E-state index is 0.424. The molecule has 0 heteroatoms. The lowest BCUT2D eigenvalue weighted by Gasteiger charge is -2.17. The Kier molecular flexibility index (Phi) is 3.08. The molecule has 102 valence electrons. The first-order chi connectivity index (χ1) is 10.4. The van der Waals surface area contributed by atoms with Crippen LogP contribution in [0.15, 0.2) is 91.1 Å². The maximum Gasteiger partial charge on any atom is 0.0205 e. The molecule has 1 aromatic rings. The first-order valence-electron chi connectivity index (χ1n) is 7.60. The maximum atomic E-state index is 2.36. The first kappa shape index (κ1) is 12.4. The van der Waals surface area contributed by atoms with Gasteiger partial charge < -0.3 is 0 Å². The summed E-state index contributed by atoms with van der Waals surface area (Å²) < 4.78 is 0. The summed E-state index contributed by atoms with van der Waals surface area (Å²) in [5.74, 6) is 1.27.